The molecule has 0 aliphatic heterocycles. The Morgan fingerprint density at radius 2 is 2.00 bits per heavy atom. The highest BCUT2D eigenvalue weighted by Gasteiger charge is 2.13. The Balaban J connectivity index is 2.10. The molecule has 1 N–H and O–H groups in total. The highest BCUT2D eigenvalue weighted by Crippen LogP contribution is 2.23. The summed E-state index contributed by atoms with van der Waals surface area (Å²) >= 11 is 1.38. The topological polar surface area (TPSA) is 69.0 Å². The molecule has 0 bridgehead atoms. The van der Waals surface area contributed by atoms with Crippen LogP contribution in [-0.2, 0) is 4.79 Å². The Labute approximate surface area is 140 Å². The molecule has 0 fully saturated rings. The Kier molecular flexibility index (Phi) is 6.46. The molecular weight excluding hydrogens is 312 g/mol. The van der Waals surface area contributed by atoms with Crippen LogP contribution in [0.3, 0.4) is 0 Å². The van der Waals surface area contributed by atoms with E-state index in [4.69, 9.17) is 4.74 Å². The summed E-state index contributed by atoms with van der Waals surface area (Å²) in [6.07, 6.45) is 0.928. The van der Waals surface area contributed by atoms with Crippen molar-refractivity contribution >= 4 is 17.7 Å². The van der Waals surface area contributed by atoms with E-state index in [0.29, 0.717) is 24.1 Å². The minimum atomic E-state index is 0.00995. The van der Waals surface area contributed by atoms with Crippen molar-refractivity contribution < 1.29 is 9.53 Å². The number of aromatic nitrogens is 3. The number of hydrogen-bond donors (Lipinski definition) is 1. The summed E-state index contributed by atoms with van der Waals surface area (Å²) < 4.78 is 7.39. The van der Waals surface area contributed by atoms with E-state index in [0.717, 1.165) is 23.7 Å². The molecule has 1 amide bonds. The van der Waals surface area contributed by atoms with Gasteiger partial charge < -0.3 is 10.1 Å². The molecular formula is C16H22N4O2S. The molecule has 0 saturated heterocycles. The van der Waals surface area contributed by atoms with Gasteiger partial charge in [0.25, 0.3) is 0 Å². The van der Waals surface area contributed by atoms with Crippen LogP contribution in [0.2, 0.25) is 0 Å². The van der Waals surface area contributed by atoms with Gasteiger partial charge in [0.1, 0.15) is 11.6 Å². The molecule has 1 aromatic carbocycles. The van der Waals surface area contributed by atoms with Crippen LogP contribution in [0.5, 0.6) is 5.75 Å². The Bertz CT molecular complexity index is 640. The van der Waals surface area contributed by atoms with Gasteiger partial charge in [-0.05, 0) is 44.5 Å². The molecule has 2 rings (SSSR count). The van der Waals surface area contributed by atoms with Crippen LogP contribution in [0.15, 0.2) is 29.4 Å². The quantitative estimate of drug-likeness (QED) is 0.752. The minimum absolute atomic E-state index is 0.00995. The van der Waals surface area contributed by atoms with Crippen molar-refractivity contribution in [3.05, 3.63) is 30.1 Å². The van der Waals surface area contributed by atoms with Crippen molar-refractivity contribution in [2.75, 3.05) is 18.9 Å². The van der Waals surface area contributed by atoms with E-state index >= 15 is 0 Å². The van der Waals surface area contributed by atoms with Gasteiger partial charge in [0.15, 0.2) is 5.16 Å². The summed E-state index contributed by atoms with van der Waals surface area (Å²) in [6, 6.07) is 7.76. The van der Waals surface area contributed by atoms with Gasteiger partial charge in [-0.25, -0.2) is 0 Å². The van der Waals surface area contributed by atoms with Crippen molar-refractivity contribution in [2.45, 2.75) is 32.3 Å². The number of rotatable bonds is 8. The van der Waals surface area contributed by atoms with E-state index in [9.17, 15) is 4.79 Å². The van der Waals surface area contributed by atoms with Crippen LogP contribution < -0.4 is 10.1 Å². The van der Waals surface area contributed by atoms with Gasteiger partial charge >= 0.3 is 0 Å². The highest BCUT2D eigenvalue weighted by molar-refractivity contribution is 7.99. The number of hydrogen-bond acceptors (Lipinski definition) is 5. The maximum Gasteiger partial charge on any atom is 0.230 e. The van der Waals surface area contributed by atoms with Gasteiger partial charge in [-0.3, -0.25) is 9.36 Å². The predicted molar refractivity (Wildman–Crippen MR) is 91.3 cm³/mol. The Morgan fingerprint density at radius 1 is 1.26 bits per heavy atom. The minimum Gasteiger partial charge on any atom is -0.494 e. The zero-order valence-corrected chi connectivity index (χ0v) is 14.5. The van der Waals surface area contributed by atoms with Gasteiger partial charge in [0.05, 0.1) is 12.4 Å². The summed E-state index contributed by atoms with van der Waals surface area (Å²) in [7, 11) is 0. The van der Waals surface area contributed by atoms with Gasteiger partial charge in [-0.15, -0.1) is 10.2 Å². The molecule has 0 radical (unpaired) electrons. The maximum atomic E-state index is 11.7. The molecule has 2 aromatic rings. The largest absolute Gasteiger partial charge is 0.494 e. The molecule has 6 nitrogen and oxygen atoms in total. The zero-order valence-electron chi connectivity index (χ0n) is 13.7. The van der Waals surface area contributed by atoms with Crippen molar-refractivity contribution in [2.24, 2.45) is 0 Å². The molecule has 1 aromatic heterocycles. The average molecular weight is 334 g/mol. The number of carbonyl (C=O) groups excluding carboxylic acids is 1. The van der Waals surface area contributed by atoms with Crippen LogP contribution in [-0.4, -0.2) is 39.6 Å². The number of benzene rings is 1. The second kappa shape index (κ2) is 8.57. The van der Waals surface area contributed by atoms with Crippen LogP contribution in [0.25, 0.3) is 5.69 Å². The zero-order chi connectivity index (χ0) is 16.7. The van der Waals surface area contributed by atoms with E-state index in [2.05, 4.69) is 15.5 Å². The molecule has 7 heteroatoms. The van der Waals surface area contributed by atoms with Crippen molar-refractivity contribution in [1.29, 1.82) is 0 Å². The van der Waals surface area contributed by atoms with E-state index in [1.54, 1.807) is 0 Å². The number of amides is 1. The first kappa shape index (κ1) is 17.3. The number of ether oxygens (including phenoxy) is 1. The van der Waals surface area contributed by atoms with Crippen molar-refractivity contribution in [1.82, 2.24) is 20.1 Å². The van der Waals surface area contributed by atoms with Crippen LogP contribution in [0.4, 0.5) is 0 Å². The molecule has 0 aliphatic rings. The molecule has 0 spiro atoms. The third-order valence-electron chi connectivity index (χ3n) is 3.11. The summed E-state index contributed by atoms with van der Waals surface area (Å²) in [5, 5.41) is 11.9. The molecule has 0 unspecified atom stereocenters. The Hall–Kier alpha value is -2.02. The number of aryl methyl sites for hydroxylation is 1. The highest BCUT2D eigenvalue weighted by atomic mass is 32.2. The van der Waals surface area contributed by atoms with Gasteiger partial charge in [-0.2, -0.15) is 0 Å². The van der Waals surface area contributed by atoms with Crippen LogP contribution >= 0.6 is 11.8 Å². The molecule has 0 aliphatic carbocycles. The molecule has 1 heterocycles. The lowest BCUT2D eigenvalue weighted by Gasteiger charge is -2.09. The lowest BCUT2D eigenvalue weighted by atomic mass is 10.3. The number of nitrogens with one attached hydrogen (secondary N) is 1. The number of carbonyl (C=O) groups is 1. The van der Waals surface area contributed by atoms with E-state index in [1.165, 1.54) is 11.8 Å². The SMILES string of the molecule is CCCNC(=O)CSc1nnc(C)n1-c1ccc(OCC)cc1. The molecule has 23 heavy (non-hydrogen) atoms. The van der Waals surface area contributed by atoms with Gasteiger partial charge in [0.2, 0.25) is 5.91 Å². The van der Waals surface area contributed by atoms with Crippen LogP contribution in [0, 0.1) is 6.92 Å². The molecule has 124 valence electrons. The normalized spacial score (nSPS) is 10.6. The first-order valence-corrected chi connectivity index (χ1v) is 8.69. The lowest BCUT2D eigenvalue weighted by molar-refractivity contribution is -0.118. The van der Waals surface area contributed by atoms with E-state index in [-0.39, 0.29) is 5.91 Å². The second-order valence-corrected chi connectivity index (χ2v) is 5.87. The Morgan fingerprint density at radius 3 is 2.65 bits per heavy atom. The smallest absolute Gasteiger partial charge is 0.230 e. The number of thioether (sulfide) groups is 1. The fourth-order valence-corrected chi connectivity index (χ4v) is 2.86. The fourth-order valence-electron chi connectivity index (χ4n) is 2.04. The predicted octanol–water partition coefficient (Wildman–Crippen LogP) is 2.59. The molecule has 0 saturated carbocycles. The van der Waals surface area contributed by atoms with Gasteiger partial charge in [-0.1, -0.05) is 18.7 Å². The third-order valence-corrected chi connectivity index (χ3v) is 4.03. The summed E-state index contributed by atoms with van der Waals surface area (Å²) in [5.74, 6) is 1.95. The average Bonchev–Trinajstić information content (AvgIpc) is 2.93. The first-order valence-electron chi connectivity index (χ1n) is 7.70. The monoisotopic (exact) mass is 334 g/mol. The van der Waals surface area contributed by atoms with E-state index in [1.807, 2.05) is 49.6 Å². The first-order chi connectivity index (χ1) is 11.2. The summed E-state index contributed by atoms with van der Waals surface area (Å²) in [5.41, 5.74) is 0.951. The molecule has 0 atom stereocenters. The second-order valence-electron chi connectivity index (χ2n) is 4.93. The third kappa shape index (κ3) is 4.72. The van der Waals surface area contributed by atoms with E-state index < -0.39 is 0 Å². The summed E-state index contributed by atoms with van der Waals surface area (Å²) in [4.78, 5) is 11.7. The lowest BCUT2D eigenvalue weighted by Crippen LogP contribution is -2.25. The maximum absolute atomic E-state index is 11.7. The van der Waals surface area contributed by atoms with Crippen molar-refractivity contribution in [3.63, 3.8) is 0 Å². The van der Waals surface area contributed by atoms with Gasteiger partial charge in [0, 0.05) is 12.2 Å². The van der Waals surface area contributed by atoms with Crippen LogP contribution in [0.1, 0.15) is 26.1 Å². The fraction of sp³-hybridized carbons (Fsp3) is 0.438. The number of nitrogens with zero attached hydrogens (tertiary/aromatic N) is 3. The standard InChI is InChI=1S/C16H22N4O2S/c1-4-10-17-15(21)11-23-16-19-18-12(3)20(16)13-6-8-14(9-7-13)22-5-2/h6-9H,4-5,10-11H2,1-3H3,(H,17,21). The summed E-state index contributed by atoms with van der Waals surface area (Å²) in [6.45, 7) is 7.21. The van der Waals surface area contributed by atoms with Crippen molar-refractivity contribution in [3.8, 4) is 11.4 Å².